The highest BCUT2D eigenvalue weighted by Gasteiger charge is 2.34. The second-order valence-electron chi connectivity index (χ2n) is 10.7. The molecule has 0 N–H and O–H groups in total. The van der Waals surface area contributed by atoms with Gasteiger partial charge in [0.25, 0.3) is 5.56 Å². The number of halogens is 2. The summed E-state index contributed by atoms with van der Waals surface area (Å²) in [5.41, 5.74) is 2.69. The number of hydrogen-bond donors (Lipinski definition) is 0. The fourth-order valence-electron chi connectivity index (χ4n) is 5.20. The number of aromatic nitrogens is 1. The van der Waals surface area contributed by atoms with Crippen LogP contribution in [0.5, 0.6) is 17.2 Å². The lowest BCUT2D eigenvalue weighted by molar-refractivity contribution is -0.139. The van der Waals surface area contributed by atoms with Gasteiger partial charge in [0, 0.05) is 16.1 Å². The summed E-state index contributed by atoms with van der Waals surface area (Å²) in [6.07, 6.45) is 1.60. The Morgan fingerprint density at radius 1 is 1.19 bits per heavy atom. The third kappa shape index (κ3) is 7.15. The summed E-state index contributed by atoms with van der Waals surface area (Å²) in [4.78, 5) is 32.7. The van der Waals surface area contributed by atoms with Gasteiger partial charge in [0.1, 0.15) is 12.4 Å². The van der Waals surface area contributed by atoms with Gasteiger partial charge in [-0.05, 0) is 85.6 Å². The quantitative estimate of drug-likeness (QED) is 0.172. The van der Waals surface area contributed by atoms with Crippen LogP contribution in [0.4, 0.5) is 0 Å². The number of rotatable bonds is 10. The molecular formula is C35H31BrClN3O6S. The van der Waals surface area contributed by atoms with E-state index in [-0.39, 0.29) is 30.5 Å². The van der Waals surface area contributed by atoms with Gasteiger partial charge < -0.3 is 18.9 Å². The van der Waals surface area contributed by atoms with E-state index in [4.69, 9.17) is 30.5 Å². The number of fused-ring (bicyclic) bond motifs is 1. The Balaban J connectivity index is 1.66. The summed E-state index contributed by atoms with van der Waals surface area (Å²) < 4.78 is 25.6. The van der Waals surface area contributed by atoms with E-state index in [0.29, 0.717) is 64.0 Å². The normalized spacial score (nSPS) is 14.4. The van der Waals surface area contributed by atoms with Crippen molar-refractivity contribution in [2.75, 3.05) is 13.7 Å². The lowest BCUT2D eigenvalue weighted by Crippen LogP contribution is -2.40. The Morgan fingerprint density at radius 3 is 2.66 bits per heavy atom. The van der Waals surface area contributed by atoms with Crippen molar-refractivity contribution in [1.82, 2.24) is 4.57 Å². The van der Waals surface area contributed by atoms with Gasteiger partial charge in [-0.25, -0.2) is 9.79 Å². The third-order valence-electron chi connectivity index (χ3n) is 7.22. The molecule has 12 heteroatoms. The molecule has 0 bridgehead atoms. The minimum atomic E-state index is -0.848. The van der Waals surface area contributed by atoms with E-state index < -0.39 is 12.0 Å². The molecular weight excluding hydrogens is 706 g/mol. The number of carbonyl (C=O) groups excluding carboxylic acids is 1. The van der Waals surface area contributed by atoms with E-state index >= 15 is 0 Å². The van der Waals surface area contributed by atoms with Crippen LogP contribution >= 0.6 is 38.9 Å². The SMILES string of the molecule is CCOC(=O)C1=C(C)N=c2s/c(=C/c3cc(Cl)cc(Br)c3OCc3ccccc3C#N)c(=O)n2[C@H]1c1ccc(OC(C)C)c(OC)c1. The summed E-state index contributed by atoms with van der Waals surface area (Å²) in [6.45, 7) is 7.55. The average molecular weight is 737 g/mol. The smallest absolute Gasteiger partial charge is 0.338 e. The number of nitrogens with zero attached hydrogens (tertiary/aromatic N) is 3. The number of esters is 1. The van der Waals surface area contributed by atoms with Crippen LogP contribution in [0.3, 0.4) is 0 Å². The molecule has 1 aromatic heterocycles. The average Bonchev–Trinajstić information content (AvgIpc) is 3.33. The number of methoxy groups -OCH3 is 1. The van der Waals surface area contributed by atoms with Crippen LogP contribution in [0.25, 0.3) is 6.08 Å². The highest BCUT2D eigenvalue weighted by atomic mass is 79.9. The molecule has 1 aliphatic heterocycles. The van der Waals surface area contributed by atoms with E-state index in [1.807, 2.05) is 26.0 Å². The molecule has 2 heterocycles. The molecule has 1 atom stereocenters. The Hall–Kier alpha value is -4.37. The van der Waals surface area contributed by atoms with Crippen molar-refractivity contribution in [3.63, 3.8) is 0 Å². The predicted octanol–water partition coefficient (Wildman–Crippen LogP) is 6.46. The van der Waals surface area contributed by atoms with Gasteiger partial charge in [0.05, 0.1) is 57.8 Å². The van der Waals surface area contributed by atoms with E-state index in [1.165, 1.54) is 23.0 Å². The number of thiazole rings is 1. The Labute approximate surface area is 289 Å². The summed E-state index contributed by atoms with van der Waals surface area (Å²) in [6, 6.07) is 17.2. The minimum Gasteiger partial charge on any atom is -0.493 e. The maximum absolute atomic E-state index is 14.3. The van der Waals surface area contributed by atoms with Crippen LogP contribution in [-0.4, -0.2) is 30.4 Å². The second kappa shape index (κ2) is 14.6. The van der Waals surface area contributed by atoms with Crippen molar-refractivity contribution in [3.05, 3.63) is 117 Å². The molecule has 1 aliphatic rings. The lowest BCUT2D eigenvalue weighted by Gasteiger charge is -2.25. The lowest BCUT2D eigenvalue weighted by atomic mass is 9.95. The van der Waals surface area contributed by atoms with Crippen molar-refractivity contribution < 1.29 is 23.7 Å². The third-order valence-corrected chi connectivity index (χ3v) is 9.01. The first-order chi connectivity index (χ1) is 22.6. The number of ether oxygens (including phenoxy) is 4. The van der Waals surface area contributed by atoms with E-state index in [2.05, 4.69) is 27.0 Å². The highest BCUT2D eigenvalue weighted by Crippen LogP contribution is 2.37. The number of carbonyl (C=O) groups is 1. The summed E-state index contributed by atoms with van der Waals surface area (Å²) in [5, 5.41) is 9.95. The predicted molar refractivity (Wildman–Crippen MR) is 184 cm³/mol. The van der Waals surface area contributed by atoms with Crippen LogP contribution < -0.4 is 29.1 Å². The van der Waals surface area contributed by atoms with Crippen LogP contribution in [0.2, 0.25) is 5.02 Å². The van der Waals surface area contributed by atoms with Crippen LogP contribution in [0.1, 0.15) is 56.0 Å². The van der Waals surface area contributed by atoms with Crippen molar-refractivity contribution >= 4 is 50.9 Å². The molecule has 0 aliphatic carbocycles. The monoisotopic (exact) mass is 735 g/mol. The molecule has 47 heavy (non-hydrogen) atoms. The molecule has 242 valence electrons. The number of allylic oxidation sites excluding steroid dienone is 1. The van der Waals surface area contributed by atoms with E-state index in [0.717, 1.165) is 0 Å². The zero-order valence-corrected chi connectivity index (χ0v) is 29.5. The number of benzene rings is 3. The summed E-state index contributed by atoms with van der Waals surface area (Å²) in [5.74, 6) is 0.869. The summed E-state index contributed by atoms with van der Waals surface area (Å²) in [7, 11) is 1.53. The van der Waals surface area contributed by atoms with Crippen molar-refractivity contribution in [2.45, 2.75) is 46.4 Å². The van der Waals surface area contributed by atoms with Gasteiger partial charge in [0.2, 0.25) is 0 Å². The molecule has 0 saturated carbocycles. The van der Waals surface area contributed by atoms with Gasteiger partial charge in [-0.2, -0.15) is 5.26 Å². The first-order valence-corrected chi connectivity index (χ1v) is 16.7. The maximum Gasteiger partial charge on any atom is 0.338 e. The Morgan fingerprint density at radius 2 is 1.96 bits per heavy atom. The Bertz CT molecular complexity index is 2110. The fourth-order valence-corrected chi connectivity index (χ4v) is 7.18. The molecule has 0 saturated heterocycles. The van der Waals surface area contributed by atoms with Gasteiger partial charge >= 0.3 is 5.97 Å². The molecule has 4 aromatic rings. The topological polar surface area (TPSA) is 112 Å². The standard InChI is InChI=1S/C35H31BrClN3O6S/c1-6-44-34(42)30-20(4)39-35-40(31(30)21-11-12-27(46-19(2)3)28(14-21)43-5)33(41)29(47-35)15-24-13-25(37)16-26(36)32(24)45-18-23-10-8-7-9-22(23)17-38/h7-16,19,31H,6,18H2,1-5H3/b29-15+/t31-/m0/s1. The molecule has 0 radical (unpaired) electrons. The van der Waals surface area contributed by atoms with Gasteiger partial charge in [-0.1, -0.05) is 47.2 Å². The zero-order valence-electron chi connectivity index (χ0n) is 26.3. The Kier molecular flexibility index (Phi) is 10.5. The van der Waals surface area contributed by atoms with E-state index in [1.54, 1.807) is 62.4 Å². The molecule has 9 nitrogen and oxygen atoms in total. The van der Waals surface area contributed by atoms with Crippen LogP contribution in [0, 0.1) is 11.3 Å². The second-order valence-corrected chi connectivity index (χ2v) is 13.0. The molecule has 5 rings (SSSR count). The van der Waals surface area contributed by atoms with Crippen LogP contribution in [-0.2, 0) is 16.1 Å². The maximum atomic E-state index is 14.3. The molecule has 0 unspecified atom stereocenters. The fraction of sp³-hybridized carbons (Fsp3) is 0.257. The molecule has 0 amide bonds. The largest absolute Gasteiger partial charge is 0.493 e. The molecule has 0 fully saturated rings. The number of nitriles is 1. The first kappa shape index (κ1) is 34.0. The van der Waals surface area contributed by atoms with E-state index in [9.17, 15) is 14.9 Å². The van der Waals surface area contributed by atoms with Crippen molar-refractivity contribution in [2.24, 2.45) is 4.99 Å². The van der Waals surface area contributed by atoms with Gasteiger partial charge in [-0.15, -0.1) is 0 Å². The molecule has 0 spiro atoms. The van der Waals surface area contributed by atoms with Gasteiger partial charge in [-0.3, -0.25) is 9.36 Å². The highest BCUT2D eigenvalue weighted by molar-refractivity contribution is 9.10. The first-order valence-electron chi connectivity index (χ1n) is 14.7. The minimum absolute atomic E-state index is 0.0915. The van der Waals surface area contributed by atoms with Crippen molar-refractivity contribution in [1.29, 1.82) is 5.26 Å². The molecule has 3 aromatic carbocycles. The zero-order chi connectivity index (χ0) is 33.8. The summed E-state index contributed by atoms with van der Waals surface area (Å²) >= 11 is 11.2. The number of hydrogen-bond acceptors (Lipinski definition) is 9. The van der Waals surface area contributed by atoms with Crippen LogP contribution in [0.15, 0.2) is 80.1 Å². The van der Waals surface area contributed by atoms with Gasteiger partial charge in [0.15, 0.2) is 16.3 Å². The van der Waals surface area contributed by atoms with Crippen molar-refractivity contribution in [3.8, 4) is 23.3 Å².